The Morgan fingerprint density at radius 2 is 1.08 bits per heavy atom. The lowest BCUT2D eigenvalue weighted by atomic mass is 10.0. The molecule has 3 aromatic heterocycles. The normalized spacial score (nSPS) is 11.8. The number of aromatic nitrogens is 1. The van der Waals surface area contributed by atoms with Crippen molar-refractivity contribution < 1.29 is 13.3 Å². The van der Waals surface area contributed by atoms with Crippen LogP contribution in [-0.2, 0) is 0 Å². The van der Waals surface area contributed by atoms with Crippen molar-refractivity contribution in [2.24, 2.45) is 0 Å². The molecule has 0 N–H and O–H groups in total. The Balaban J connectivity index is 1.06. The van der Waals surface area contributed by atoms with Gasteiger partial charge in [0.25, 0.3) is 0 Å². The predicted molar refractivity (Wildman–Crippen MR) is 194 cm³/mol. The van der Waals surface area contributed by atoms with Gasteiger partial charge in [0.05, 0.1) is 16.5 Å². The number of furan rings is 2. The summed E-state index contributed by atoms with van der Waals surface area (Å²) in [4.78, 5) is 7.06. The lowest BCUT2D eigenvalue weighted by Gasteiger charge is -2.26. The van der Waals surface area contributed by atoms with Gasteiger partial charge in [-0.2, -0.15) is 0 Å². The van der Waals surface area contributed by atoms with Gasteiger partial charge in [0.1, 0.15) is 27.8 Å². The Hall–Kier alpha value is -6.59. The minimum absolute atomic E-state index is 0.603. The highest BCUT2D eigenvalue weighted by Crippen LogP contribution is 2.43. The molecule has 0 radical (unpaired) electrons. The molecule has 0 unspecified atom stereocenters. The van der Waals surface area contributed by atoms with Crippen molar-refractivity contribution in [3.05, 3.63) is 158 Å². The van der Waals surface area contributed by atoms with Gasteiger partial charge < -0.3 is 18.2 Å². The first kappa shape index (κ1) is 26.6. The number of rotatable bonds is 5. The molecule has 0 aliphatic carbocycles. The number of hydrogen-bond donors (Lipinski definition) is 0. The molecule has 10 rings (SSSR count). The highest BCUT2D eigenvalue weighted by molar-refractivity contribution is 6.17. The summed E-state index contributed by atoms with van der Waals surface area (Å²) in [6.45, 7) is 0. The molecule has 5 nitrogen and oxygen atoms in total. The third-order valence-corrected chi connectivity index (χ3v) is 9.11. The highest BCUT2D eigenvalue weighted by atomic mass is 16.4. The third kappa shape index (κ3) is 4.15. The molecule has 0 aliphatic rings. The molecule has 0 fully saturated rings. The molecule has 7 aromatic carbocycles. The van der Waals surface area contributed by atoms with Gasteiger partial charge in [0.15, 0.2) is 5.58 Å². The van der Waals surface area contributed by atoms with E-state index in [1.54, 1.807) is 0 Å². The van der Waals surface area contributed by atoms with Crippen LogP contribution in [0.3, 0.4) is 0 Å². The van der Waals surface area contributed by atoms with E-state index in [0.717, 1.165) is 88.7 Å². The Morgan fingerprint density at radius 1 is 0.417 bits per heavy atom. The minimum Gasteiger partial charge on any atom is -0.456 e. The molecule has 0 aliphatic heterocycles. The van der Waals surface area contributed by atoms with Gasteiger partial charge >= 0.3 is 0 Å². The first-order valence-corrected chi connectivity index (χ1v) is 16.0. The number of anilines is 3. The van der Waals surface area contributed by atoms with E-state index in [9.17, 15) is 0 Å². The Bertz CT molecular complexity index is 2770. The van der Waals surface area contributed by atoms with Crippen molar-refractivity contribution in [1.82, 2.24) is 4.98 Å². The quantitative estimate of drug-likeness (QED) is 0.192. The van der Waals surface area contributed by atoms with Crippen LogP contribution in [0.25, 0.3) is 77.6 Å². The average Bonchev–Trinajstić information content (AvgIpc) is 3.86. The second-order valence-electron chi connectivity index (χ2n) is 12.0. The standard InChI is InChI=1S/C43H26N2O3/c1-3-10-28(11-4-1)43-44-34-24-25-38-41(42(34)48-43)33-23-20-29(26-39(33)47-38)27-18-21-31(22-19-27)45(30-12-5-2-6-13-30)35-15-9-17-37-40(35)32-14-7-8-16-36(32)46-37/h1-26H. The second-order valence-corrected chi connectivity index (χ2v) is 12.0. The van der Waals surface area contributed by atoms with Crippen molar-refractivity contribution in [3.63, 3.8) is 0 Å². The van der Waals surface area contributed by atoms with Crippen molar-refractivity contribution in [1.29, 1.82) is 0 Å². The SMILES string of the molecule is c1ccc(-c2nc3ccc4oc5cc(-c6ccc(N(c7ccccc7)c7cccc8oc9ccccc9c78)cc6)ccc5c4c3o2)cc1. The molecule has 5 heteroatoms. The van der Waals surface area contributed by atoms with Gasteiger partial charge in [-0.05, 0) is 90.0 Å². The summed E-state index contributed by atoms with van der Waals surface area (Å²) in [5, 5.41) is 4.13. The van der Waals surface area contributed by atoms with Crippen LogP contribution in [0.2, 0.25) is 0 Å². The van der Waals surface area contributed by atoms with E-state index in [0.29, 0.717) is 5.89 Å². The van der Waals surface area contributed by atoms with Gasteiger partial charge in [0, 0.05) is 27.7 Å². The number of hydrogen-bond acceptors (Lipinski definition) is 5. The summed E-state index contributed by atoms with van der Waals surface area (Å²) in [7, 11) is 0. The Labute approximate surface area is 274 Å². The van der Waals surface area contributed by atoms with Crippen molar-refractivity contribution >= 4 is 72.0 Å². The smallest absolute Gasteiger partial charge is 0.227 e. The monoisotopic (exact) mass is 618 g/mol. The maximum atomic E-state index is 6.38. The average molecular weight is 619 g/mol. The predicted octanol–water partition coefficient (Wildman–Crippen LogP) is 12.4. The minimum atomic E-state index is 0.603. The summed E-state index contributed by atoms with van der Waals surface area (Å²) in [6, 6.07) is 53.9. The van der Waals surface area contributed by atoms with Crippen molar-refractivity contribution in [2.75, 3.05) is 4.90 Å². The molecular formula is C43H26N2O3. The first-order chi connectivity index (χ1) is 23.8. The number of nitrogens with zero attached hydrogens (tertiary/aromatic N) is 2. The molecule has 226 valence electrons. The maximum absolute atomic E-state index is 6.38. The number of fused-ring (bicyclic) bond motifs is 8. The summed E-state index contributed by atoms with van der Waals surface area (Å²) in [5.41, 5.74) is 11.2. The number of oxazole rings is 1. The van der Waals surface area contributed by atoms with Gasteiger partial charge in [-0.25, -0.2) is 4.98 Å². The summed E-state index contributed by atoms with van der Waals surface area (Å²) in [6.07, 6.45) is 0. The van der Waals surface area contributed by atoms with E-state index in [-0.39, 0.29) is 0 Å². The van der Waals surface area contributed by atoms with Crippen molar-refractivity contribution in [2.45, 2.75) is 0 Å². The lowest BCUT2D eigenvalue weighted by Crippen LogP contribution is -2.10. The maximum Gasteiger partial charge on any atom is 0.227 e. The first-order valence-electron chi connectivity index (χ1n) is 16.0. The molecule has 0 amide bonds. The summed E-state index contributed by atoms with van der Waals surface area (Å²) >= 11 is 0. The van der Waals surface area contributed by atoms with Gasteiger partial charge in [-0.3, -0.25) is 0 Å². The van der Waals surface area contributed by atoms with E-state index in [1.165, 1.54) is 0 Å². The van der Waals surface area contributed by atoms with Gasteiger partial charge in [-0.15, -0.1) is 0 Å². The Kier molecular flexibility index (Phi) is 5.81. The lowest BCUT2D eigenvalue weighted by molar-refractivity contribution is 0.622. The summed E-state index contributed by atoms with van der Waals surface area (Å²) < 4.78 is 18.9. The molecule has 48 heavy (non-hydrogen) atoms. The molecule has 0 saturated carbocycles. The fourth-order valence-corrected chi connectivity index (χ4v) is 6.88. The van der Waals surface area contributed by atoms with Crippen LogP contribution in [-0.4, -0.2) is 4.98 Å². The zero-order valence-corrected chi connectivity index (χ0v) is 25.6. The van der Waals surface area contributed by atoms with E-state index < -0.39 is 0 Å². The molecular weight excluding hydrogens is 592 g/mol. The second kappa shape index (κ2) is 10.5. The molecule has 3 heterocycles. The number of para-hydroxylation sites is 2. The zero-order valence-electron chi connectivity index (χ0n) is 25.6. The molecule has 0 saturated heterocycles. The van der Waals surface area contributed by atoms with Crippen LogP contribution in [0.5, 0.6) is 0 Å². The molecule has 0 spiro atoms. The summed E-state index contributed by atoms with van der Waals surface area (Å²) in [5.74, 6) is 0.603. The van der Waals surface area contributed by atoms with E-state index >= 15 is 0 Å². The van der Waals surface area contributed by atoms with Gasteiger partial charge in [-0.1, -0.05) is 78.9 Å². The van der Waals surface area contributed by atoms with Crippen LogP contribution in [0.4, 0.5) is 17.1 Å². The van der Waals surface area contributed by atoms with E-state index in [1.807, 2.05) is 66.7 Å². The van der Waals surface area contributed by atoms with Crippen LogP contribution in [0.15, 0.2) is 171 Å². The fourth-order valence-electron chi connectivity index (χ4n) is 6.88. The van der Waals surface area contributed by atoms with Crippen molar-refractivity contribution in [3.8, 4) is 22.6 Å². The van der Waals surface area contributed by atoms with E-state index in [4.69, 9.17) is 18.2 Å². The molecule has 0 bridgehead atoms. The topological polar surface area (TPSA) is 55.6 Å². The van der Waals surface area contributed by atoms with Crippen LogP contribution in [0, 0.1) is 0 Å². The van der Waals surface area contributed by atoms with Gasteiger partial charge in [0.2, 0.25) is 5.89 Å². The highest BCUT2D eigenvalue weighted by Gasteiger charge is 2.20. The number of benzene rings is 7. The third-order valence-electron chi connectivity index (χ3n) is 9.11. The zero-order chi connectivity index (χ0) is 31.6. The van der Waals surface area contributed by atoms with Crippen LogP contribution < -0.4 is 4.90 Å². The largest absolute Gasteiger partial charge is 0.456 e. The van der Waals surface area contributed by atoms with Crippen LogP contribution >= 0.6 is 0 Å². The van der Waals surface area contributed by atoms with E-state index in [2.05, 4.69) is 95.9 Å². The molecule has 0 atom stereocenters. The molecule has 10 aromatic rings. The Morgan fingerprint density at radius 3 is 1.94 bits per heavy atom. The van der Waals surface area contributed by atoms with Crippen LogP contribution in [0.1, 0.15) is 0 Å². The fraction of sp³-hybridized carbons (Fsp3) is 0.